The molecule has 0 amide bonds. The summed E-state index contributed by atoms with van der Waals surface area (Å²) in [7, 11) is -1.54. The van der Waals surface area contributed by atoms with Gasteiger partial charge in [0.25, 0.3) is 0 Å². The molecule has 0 bridgehead atoms. The number of rotatable bonds is 4. The molecule has 0 aliphatic heterocycles. The highest BCUT2D eigenvalue weighted by atomic mass is 28.4. The van der Waals surface area contributed by atoms with E-state index in [0.29, 0.717) is 5.04 Å². The Morgan fingerprint density at radius 2 is 1.71 bits per heavy atom. The van der Waals surface area contributed by atoms with Crippen LogP contribution in [0.5, 0.6) is 0 Å². The third kappa shape index (κ3) is 4.97. The SMILES string of the molecule is CC(C)(C)[Si](C)(C)OC/C=C/C1CCCCC1. The van der Waals surface area contributed by atoms with Crippen molar-refractivity contribution in [2.45, 2.75) is 71.0 Å². The smallest absolute Gasteiger partial charge is 0.192 e. The fraction of sp³-hybridized carbons (Fsp3) is 0.867. The van der Waals surface area contributed by atoms with Gasteiger partial charge >= 0.3 is 0 Å². The van der Waals surface area contributed by atoms with Gasteiger partial charge in [-0.3, -0.25) is 0 Å². The lowest BCUT2D eigenvalue weighted by molar-refractivity contribution is 0.326. The first-order chi connectivity index (χ1) is 7.83. The van der Waals surface area contributed by atoms with Crippen LogP contribution in [0.15, 0.2) is 12.2 Å². The summed E-state index contributed by atoms with van der Waals surface area (Å²) in [6.07, 6.45) is 11.7. The molecule has 0 atom stereocenters. The molecule has 0 unspecified atom stereocenters. The zero-order valence-electron chi connectivity index (χ0n) is 12.4. The highest BCUT2D eigenvalue weighted by molar-refractivity contribution is 6.74. The molecule has 0 spiro atoms. The molecule has 1 rings (SSSR count). The number of hydrogen-bond acceptors (Lipinski definition) is 1. The molecule has 0 saturated heterocycles. The maximum atomic E-state index is 6.14. The molecule has 0 heterocycles. The minimum Gasteiger partial charge on any atom is -0.413 e. The fourth-order valence-corrected chi connectivity index (χ4v) is 2.99. The van der Waals surface area contributed by atoms with Gasteiger partial charge < -0.3 is 4.43 Å². The highest BCUT2D eigenvalue weighted by Gasteiger charge is 2.36. The molecule has 0 aromatic heterocycles. The molecule has 0 N–H and O–H groups in total. The highest BCUT2D eigenvalue weighted by Crippen LogP contribution is 2.36. The van der Waals surface area contributed by atoms with E-state index in [-0.39, 0.29) is 0 Å². The normalized spacial score (nSPS) is 20.1. The van der Waals surface area contributed by atoms with Crippen LogP contribution in [0, 0.1) is 5.92 Å². The number of allylic oxidation sites excluding steroid dienone is 1. The summed E-state index contributed by atoms with van der Waals surface area (Å²) in [4.78, 5) is 0. The Bertz CT molecular complexity index is 244. The van der Waals surface area contributed by atoms with Gasteiger partial charge in [0.1, 0.15) is 0 Å². The van der Waals surface area contributed by atoms with Crippen molar-refractivity contribution < 1.29 is 4.43 Å². The Kier molecular flexibility index (Phi) is 5.45. The molecule has 100 valence electrons. The molecule has 2 heteroatoms. The van der Waals surface area contributed by atoms with Gasteiger partial charge in [-0.2, -0.15) is 0 Å². The Balaban J connectivity index is 2.29. The van der Waals surface area contributed by atoms with Crippen molar-refractivity contribution in [2.75, 3.05) is 6.61 Å². The van der Waals surface area contributed by atoms with Crippen LogP contribution in [0.4, 0.5) is 0 Å². The summed E-state index contributed by atoms with van der Waals surface area (Å²) in [5.74, 6) is 0.826. The van der Waals surface area contributed by atoms with E-state index >= 15 is 0 Å². The molecule has 0 radical (unpaired) electrons. The van der Waals surface area contributed by atoms with Crippen LogP contribution in [0.3, 0.4) is 0 Å². The quantitative estimate of drug-likeness (QED) is 0.498. The van der Waals surface area contributed by atoms with Gasteiger partial charge in [0, 0.05) is 0 Å². The van der Waals surface area contributed by atoms with E-state index in [1.807, 2.05) is 0 Å². The Morgan fingerprint density at radius 3 is 2.24 bits per heavy atom. The van der Waals surface area contributed by atoms with Crippen LogP contribution < -0.4 is 0 Å². The average Bonchev–Trinajstić information content (AvgIpc) is 2.24. The first-order valence-corrected chi connectivity index (χ1v) is 10.0. The molecule has 1 saturated carbocycles. The van der Waals surface area contributed by atoms with Gasteiger partial charge in [0.2, 0.25) is 0 Å². The Labute approximate surface area is 109 Å². The molecule has 1 aliphatic rings. The van der Waals surface area contributed by atoms with Crippen LogP contribution in [0.25, 0.3) is 0 Å². The molecule has 1 nitrogen and oxygen atoms in total. The second kappa shape index (κ2) is 6.19. The van der Waals surface area contributed by atoms with Gasteiger partial charge in [-0.05, 0) is 36.9 Å². The summed E-state index contributed by atoms with van der Waals surface area (Å²) in [6.45, 7) is 12.3. The molecule has 17 heavy (non-hydrogen) atoms. The van der Waals surface area contributed by atoms with Gasteiger partial charge in [-0.1, -0.05) is 52.2 Å². The monoisotopic (exact) mass is 254 g/mol. The fourth-order valence-electron chi connectivity index (χ4n) is 2.05. The lowest BCUT2D eigenvalue weighted by Gasteiger charge is -2.35. The maximum Gasteiger partial charge on any atom is 0.192 e. The lowest BCUT2D eigenvalue weighted by Crippen LogP contribution is -2.40. The van der Waals surface area contributed by atoms with Gasteiger partial charge in [-0.15, -0.1) is 0 Å². The maximum absolute atomic E-state index is 6.14. The molecule has 0 aromatic rings. The van der Waals surface area contributed by atoms with Crippen molar-refractivity contribution in [2.24, 2.45) is 5.92 Å². The minimum absolute atomic E-state index is 0.325. The summed E-state index contributed by atoms with van der Waals surface area (Å²) < 4.78 is 6.14. The molecule has 1 fully saturated rings. The molecular formula is C15H30OSi. The first-order valence-electron chi connectivity index (χ1n) is 7.13. The molecule has 1 aliphatic carbocycles. The average molecular weight is 254 g/mol. The largest absolute Gasteiger partial charge is 0.413 e. The Morgan fingerprint density at radius 1 is 1.12 bits per heavy atom. The molecule has 0 aromatic carbocycles. The van der Waals surface area contributed by atoms with Crippen molar-refractivity contribution in [3.63, 3.8) is 0 Å². The van der Waals surface area contributed by atoms with E-state index in [2.05, 4.69) is 46.0 Å². The van der Waals surface area contributed by atoms with Crippen molar-refractivity contribution >= 4 is 8.32 Å². The zero-order valence-corrected chi connectivity index (χ0v) is 13.4. The summed E-state index contributed by atoms with van der Waals surface area (Å²) >= 11 is 0. The van der Waals surface area contributed by atoms with E-state index < -0.39 is 8.32 Å². The van der Waals surface area contributed by atoms with Crippen LogP contribution in [-0.4, -0.2) is 14.9 Å². The standard InChI is InChI=1S/C15H30OSi/c1-15(2,3)17(4,5)16-13-9-12-14-10-7-6-8-11-14/h9,12,14H,6-8,10-11,13H2,1-5H3/b12-9+. The zero-order chi connectivity index (χ0) is 12.9. The first kappa shape index (κ1) is 15.0. The third-order valence-corrected chi connectivity index (χ3v) is 8.91. The predicted molar refractivity (Wildman–Crippen MR) is 78.9 cm³/mol. The van der Waals surface area contributed by atoms with Crippen LogP contribution in [0.2, 0.25) is 18.1 Å². The van der Waals surface area contributed by atoms with Gasteiger partial charge in [-0.25, -0.2) is 0 Å². The predicted octanol–water partition coefficient (Wildman–Crippen LogP) is 5.14. The van der Waals surface area contributed by atoms with Gasteiger partial charge in [0.15, 0.2) is 8.32 Å². The van der Waals surface area contributed by atoms with Crippen molar-refractivity contribution in [3.8, 4) is 0 Å². The summed E-state index contributed by atoms with van der Waals surface area (Å²) in [5, 5.41) is 0.325. The van der Waals surface area contributed by atoms with Crippen LogP contribution in [0.1, 0.15) is 52.9 Å². The van der Waals surface area contributed by atoms with Crippen molar-refractivity contribution in [1.82, 2.24) is 0 Å². The second-order valence-electron chi connectivity index (χ2n) is 6.90. The van der Waals surface area contributed by atoms with E-state index in [1.165, 1.54) is 32.1 Å². The number of hydrogen-bond donors (Lipinski definition) is 0. The van der Waals surface area contributed by atoms with E-state index in [9.17, 15) is 0 Å². The van der Waals surface area contributed by atoms with Gasteiger partial charge in [0.05, 0.1) is 6.61 Å². The summed E-state index contributed by atoms with van der Waals surface area (Å²) in [5.41, 5.74) is 0. The third-order valence-electron chi connectivity index (χ3n) is 4.40. The second-order valence-corrected chi connectivity index (χ2v) is 11.7. The van der Waals surface area contributed by atoms with E-state index in [4.69, 9.17) is 4.43 Å². The Hall–Kier alpha value is -0.0831. The van der Waals surface area contributed by atoms with E-state index in [0.717, 1.165) is 12.5 Å². The lowest BCUT2D eigenvalue weighted by atomic mass is 9.89. The molecular weight excluding hydrogens is 224 g/mol. The van der Waals surface area contributed by atoms with Crippen LogP contribution in [-0.2, 0) is 4.43 Å². The summed E-state index contributed by atoms with van der Waals surface area (Å²) in [6, 6.07) is 0. The van der Waals surface area contributed by atoms with Crippen molar-refractivity contribution in [1.29, 1.82) is 0 Å². The topological polar surface area (TPSA) is 9.23 Å². The van der Waals surface area contributed by atoms with Crippen molar-refractivity contribution in [3.05, 3.63) is 12.2 Å². The van der Waals surface area contributed by atoms with E-state index in [1.54, 1.807) is 0 Å². The van der Waals surface area contributed by atoms with Crippen LogP contribution >= 0.6 is 0 Å². The minimum atomic E-state index is -1.54.